The Morgan fingerprint density at radius 3 is 2.80 bits per heavy atom. The topological polar surface area (TPSA) is 9.23 Å². The maximum absolute atomic E-state index is 5.07. The summed E-state index contributed by atoms with van der Waals surface area (Å²) in [6.45, 7) is 7.62. The molecule has 0 aliphatic rings. The minimum atomic E-state index is 0.170. The zero-order valence-electron chi connectivity index (χ0n) is 6.84. The van der Waals surface area contributed by atoms with Gasteiger partial charge in [0.1, 0.15) is 6.10 Å². The second kappa shape index (κ2) is 6.40. The summed E-state index contributed by atoms with van der Waals surface area (Å²) < 4.78 is 5.07. The van der Waals surface area contributed by atoms with Crippen LogP contribution in [0.1, 0.15) is 26.7 Å². The average Bonchev–Trinajstić information content (AvgIpc) is 1.89. The van der Waals surface area contributed by atoms with Crippen molar-refractivity contribution in [2.75, 3.05) is 0 Å². The van der Waals surface area contributed by atoms with Gasteiger partial charge in [0.2, 0.25) is 0 Å². The van der Waals surface area contributed by atoms with Crippen molar-refractivity contribution in [3.8, 4) is 0 Å². The molecule has 0 aromatic heterocycles. The van der Waals surface area contributed by atoms with Crippen molar-refractivity contribution in [1.29, 1.82) is 0 Å². The summed E-state index contributed by atoms with van der Waals surface area (Å²) in [5.41, 5.74) is 0. The lowest BCUT2D eigenvalue weighted by Crippen LogP contribution is -1.97. The first-order valence-corrected chi connectivity index (χ1v) is 3.74. The predicted molar refractivity (Wildman–Crippen MR) is 44.8 cm³/mol. The third-order valence-corrected chi connectivity index (χ3v) is 1.17. The third-order valence-electron chi connectivity index (χ3n) is 1.17. The van der Waals surface area contributed by atoms with Gasteiger partial charge in [-0.15, -0.1) is 0 Å². The maximum Gasteiger partial charge on any atom is 0.113 e. The molecule has 1 nitrogen and oxygen atoms in total. The van der Waals surface area contributed by atoms with Crippen LogP contribution in [0.4, 0.5) is 0 Å². The Balaban J connectivity index is 3.34. The van der Waals surface area contributed by atoms with Crippen molar-refractivity contribution in [1.82, 2.24) is 0 Å². The standard InChI is InChI=1S/C9H16O/c1-4-6-7-8-9(3)10-5-2/h5,7-9H,2,4,6H2,1,3H3. The monoisotopic (exact) mass is 140 g/mol. The number of allylic oxidation sites excluding steroid dienone is 1. The molecule has 0 bridgehead atoms. The fraction of sp³-hybridized carbons (Fsp3) is 0.556. The van der Waals surface area contributed by atoms with Crippen LogP contribution in [0, 0.1) is 0 Å². The molecule has 0 aliphatic heterocycles. The first-order valence-electron chi connectivity index (χ1n) is 3.74. The minimum absolute atomic E-state index is 0.170. The van der Waals surface area contributed by atoms with Gasteiger partial charge in [0.05, 0.1) is 6.26 Å². The van der Waals surface area contributed by atoms with Crippen LogP contribution >= 0.6 is 0 Å². The number of hydrogen-bond acceptors (Lipinski definition) is 1. The molecule has 1 atom stereocenters. The lowest BCUT2D eigenvalue weighted by molar-refractivity contribution is 0.205. The second-order valence-corrected chi connectivity index (χ2v) is 2.22. The van der Waals surface area contributed by atoms with Gasteiger partial charge < -0.3 is 4.74 Å². The molecule has 0 amide bonds. The van der Waals surface area contributed by atoms with Gasteiger partial charge in [-0.25, -0.2) is 0 Å². The van der Waals surface area contributed by atoms with Crippen molar-refractivity contribution < 1.29 is 4.74 Å². The number of unbranched alkanes of at least 4 members (excludes halogenated alkanes) is 1. The Bertz CT molecular complexity index is 105. The molecule has 58 valence electrons. The number of ether oxygens (including phenoxy) is 1. The Morgan fingerprint density at radius 1 is 1.60 bits per heavy atom. The summed E-state index contributed by atoms with van der Waals surface area (Å²) in [5, 5.41) is 0. The molecule has 0 saturated heterocycles. The maximum atomic E-state index is 5.07. The molecule has 0 radical (unpaired) electrons. The van der Waals surface area contributed by atoms with Crippen molar-refractivity contribution >= 4 is 0 Å². The second-order valence-electron chi connectivity index (χ2n) is 2.22. The van der Waals surface area contributed by atoms with Crippen molar-refractivity contribution in [2.24, 2.45) is 0 Å². The first kappa shape index (κ1) is 9.28. The van der Waals surface area contributed by atoms with Gasteiger partial charge in [0, 0.05) is 0 Å². The van der Waals surface area contributed by atoms with Gasteiger partial charge >= 0.3 is 0 Å². The summed E-state index contributed by atoms with van der Waals surface area (Å²) in [6.07, 6.45) is 8.15. The third kappa shape index (κ3) is 5.42. The molecule has 0 N–H and O–H groups in total. The van der Waals surface area contributed by atoms with Crippen LogP contribution in [-0.4, -0.2) is 6.10 Å². The van der Waals surface area contributed by atoms with Gasteiger partial charge in [0.15, 0.2) is 0 Å². The van der Waals surface area contributed by atoms with Crippen LogP contribution in [0.3, 0.4) is 0 Å². The Labute approximate surface area is 63.4 Å². The Hall–Kier alpha value is -0.720. The van der Waals surface area contributed by atoms with Gasteiger partial charge in [0.25, 0.3) is 0 Å². The summed E-state index contributed by atoms with van der Waals surface area (Å²) in [7, 11) is 0. The fourth-order valence-corrected chi connectivity index (χ4v) is 0.652. The molecule has 0 rings (SSSR count). The molecule has 0 aromatic rings. The summed E-state index contributed by atoms with van der Waals surface area (Å²) >= 11 is 0. The molecule has 0 spiro atoms. The van der Waals surface area contributed by atoms with E-state index in [-0.39, 0.29) is 6.10 Å². The van der Waals surface area contributed by atoms with E-state index in [1.54, 1.807) is 0 Å². The minimum Gasteiger partial charge on any atom is -0.495 e. The van der Waals surface area contributed by atoms with Gasteiger partial charge in [-0.3, -0.25) is 0 Å². The first-order chi connectivity index (χ1) is 4.81. The summed E-state index contributed by atoms with van der Waals surface area (Å²) in [5.74, 6) is 0. The summed E-state index contributed by atoms with van der Waals surface area (Å²) in [6, 6.07) is 0. The Kier molecular flexibility index (Phi) is 5.94. The van der Waals surface area contributed by atoms with Crippen molar-refractivity contribution in [3.63, 3.8) is 0 Å². The highest BCUT2D eigenvalue weighted by Gasteiger charge is 1.89. The largest absolute Gasteiger partial charge is 0.495 e. The lowest BCUT2D eigenvalue weighted by atomic mass is 10.3. The smallest absolute Gasteiger partial charge is 0.113 e. The number of rotatable bonds is 5. The SMILES string of the molecule is C=COC(C)C=CCCC. The van der Waals surface area contributed by atoms with Crippen LogP contribution in [0.25, 0.3) is 0 Å². The zero-order valence-corrected chi connectivity index (χ0v) is 6.84. The zero-order chi connectivity index (χ0) is 7.82. The predicted octanol–water partition coefficient (Wildman–Crippen LogP) is 2.89. The molecule has 0 aromatic carbocycles. The normalized spacial score (nSPS) is 13.4. The van der Waals surface area contributed by atoms with E-state index in [2.05, 4.69) is 19.6 Å². The van der Waals surface area contributed by atoms with Crippen molar-refractivity contribution in [3.05, 3.63) is 25.0 Å². The fourth-order valence-electron chi connectivity index (χ4n) is 0.652. The van der Waals surface area contributed by atoms with Crippen molar-refractivity contribution in [2.45, 2.75) is 32.8 Å². The summed E-state index contributed by atoms with van der Waals surface area (Å²) in [4.78, 5) is 0. The van der Waals surface area contributed by atoms with E-state index >= 15 is 0 Å². The van der Waals surface area contributed by atoms with E-state index in [0.29, 0.717) is 0 Å². The van der Waals surface area contributed by atoms with E-state index in [1.807, 2.05) is 13.0 Å². The highest BCUT2D eigenvalue weighted by atomic mass is 16.5. The van der Waals surface area contributed by atoms with E-state index < -0.39 is 0 Å². The van der Waals surface area contributed by atoms with Gasteiger partial charge in [-0.05, 0) is 19.4 Å². The van der Waals surface area contributed by atoms with Crippen LogP contribution in [0.15, 0.2) is 25.0 Å². The molecule has 0 saturated carbocycles. The average molecular weight is 140 g/mol. The molecule has 1 heteroatoms. The van der Waals surface area contributed by atoms with Crippen LogP contribution in [0.5, 0.6) is 0 Å². The Morgan fingerprint density at radius 2 is 2.30 bits per heavy atom. The highest BCUT2D eigenvalue weighted by molar-refractivity contribution is 4.87. The quantitative estimate of drug-likeness (QED) is 0.421. The molecule has 10 heavy (non-hydrogen) atoms. The van der Waals surface area contributed by atoms with Crippen LogP contribution in [0.2, 0.25) is 0 Å². The van der Waals surface area contributed by atoms with E-state index in [4.69, 9.17) is 4.74 Å². The molecular weight excluding hydrogens is 124 g/mol. The van der Waals surface area contributed by atoms with E-state index in [1.165, 1.54) is 12.7 Å². The van der Waals surface area contributed by atoms with Gasteiger partial charge in [-0.1, -0.05) is 26.0 Å². The molecule has 1 unspecified atom stereocenters. The van der Waals surface area contributed by atoms with Crippen LogP contribution in [-0.2, 0) is 4.74 Å². The molecule has 0 heterocycles. The highest BCUT2D eigenvalue weighted by Crippen LogP contribution is 1.95. The molecule has 0 fully saturated rings. The molecular formula is C9H16O. The van der Waals surface area contributed by atoms with E-state index in [9.17, 15) is 0 Å². The molecule has 0 aliphatic carbocycles. The van der Waals surface area contributed by atoms with E-state index in [0.717, 1.165) is 6.42 Å². The lowest BCUT2D eigenvalue weighted by Gasteiger charge is -2.03. The number of hydrogen-bond donors (Lipinski definition) is 0. The van der Waals surface area contributed by atoms with Gasteiger partial charge in [-0.2, -0.15) is 0 Å². The van der Waals surface area contributed by atoms with Crippen LogP contribution < -0.4 is 0 Å².